The molecule has 0 aliphatic rings. The first-order valence-electron chi connectivity index (χ1n) is 3.28. The molecule has 1 aromatic rings. The van der Waals surface area contributed by atoms with E-state index in [1.54, 1.807) is 0 Å². The van der Waals surface area contributed by atoms with Crippen molar-refractivity contribution in [2.75, 3.05) is 14.2 Å². The van der Waals surface area contributed by atoms with Crippen LogP contribution in [0.25, 0.3) is 0 Å². The summed E-state index contributed by atoms with van der Waals surface area (Å²) >= 11 is 0. The summed E-state index contributed by atoms with van der Waals surface area (Å²) in [4.78, 5) is 17.0. The Hall–Kier alpha value is -1.92. The van der Waals surface area contributed by atoms with Gasteiger partial charge in [0.25, 0.3) is 5.88 Å². The standard InChI is InChI=1S/C6H7N3O4/c1-12-5-4(9(10)11)3-7-6(8-5)13-2/h3H,1-2H3. The van der Waals surface area contributed by atoms with Gasteiger partial charge >= 0.3 is 11.7 Å². The molecule has 0 amide bonds. The second kappa shape index (κ2) is 3.65. The Bertz CT molecular complexity index is 328. The van der Waals surface area contributed by atoms with Gasteiger partial charge in [-0.3, -0.25) is 10.1 Å². The molecule has 7 nitrogen and oxygen atoms in total. The third-order valence-electron chi connectivity index (χ3n) is 1.29. The van der Waals surface area contributed by atoms with Gasteiger partial charge in [0.1, 0.15) is 6.20 Å². The van der Waals surface area contributed by atoms with Crippen LogP contribution in [0.15, 0.2) is 6.20 Å². The van der Waals surface area contributed by atoms with E-state index < -0.39 is 4.92 Å². The van der Waals surface area contributed by atoms with Crippen LogP contribution in [0.5, 0.6) is 11.9 Å². The molecule has 1 aromatic heterocycles. The van der Waals surface area contributed by atoms with Gasteiger partial charge in [-0.2, -0.15) is 9.97 Å². The fourth-order valence-electron chi connectivity index (χ4n) is 0.718. The molecule has 0 N–H and O–H groups in total. The number of methoxy groups -OCH3 is 2. The average Bonchev–Trinajstić information content (AvgIpc) is 2.16. The molecule has 0 unspecified atom stereocenters. The molecule has 0 spiro atoms. The van der Waals surface area contributed by atoms with Crippen LogP contribution in [-0.2, 0) is 0 Å². The van der Waals surface area contributed by atoms with Gasteiger partial charge in [-0.15, -0.1) is 0 Å². The van der Waals surface area contributed by atoms with Crippen molar-refractivity contribution in [2.24, 2.45) is 0 Å². The normalized spacial score (nSPS) is 9.38. The van der Waals surface area contributed by atoms with E-state index in [4.69, 9.17) is 0 Å². The molecule has 0 aromatic carbocycles. The molecule has 0 saturated carbocycles. The van der Waals surface area contributed by atoms with Crippen molar-refractivity contribution in [3.05, 3.63) is 16.3 Å². The number of hydrogen-bond donors (Lipinski definition) is 0. The highest BCUT2D eigenvalue weighted by molar-refractivity contribution is 5.38. The summed E-state index contributed by atoms with van der Waals surface area (Å²) in [6.07, 6.45) is 1.03. The van der Waals surface area contributed by atoms with Gasteiger partial charge in [0.2, 0.25) is 0 Å². The van der Waals surface area contributed by atoms with Crippen molar-refractivity contribution >= 4 is 5.69 Å². The molecule has 0 radical (unpaired) electrons. The lowest BCUT2D eigenvalue weighted by Gasteiger charge is -2.01. The Morgan fingerprint density at radius 2 is 2.15 bits per heavy atom. The molecule has 7 heteroatoms. The van der Waals surface area contributed by atoms with E-state index in [1.807, 2.05) is 0 Å². The molecule has 0 fully saturated rings. The second-order valence-electron chi connectivity index (χ2n) is 2.01. The number of nitrogens with zero attached hydrogens (tertiary/aromatic N) is 3. The summed E-state index contributed by atoms with van der Waals surface area (Å²) in [5.74, 6) is -0.114. The lowest BCUT2D eigenvalue weighted by atomic mass is 10.5. The largest absolute Gasteiger partial charge is 0.476 e. The van der Waals surface area contributed by atoms with Crippen molar-refractivity contribution in [3.8, 4) is 11.9 Å². The zero-order valence-electron chi connectivity index (χ0n) is 7.05. The number of hydrogen-bond acceptors (Lipinski definition) is 6. The molecule has 0 saturated heterocycles. The highest BCUT2D eigenvalue weighted by Gasteiger charge is 2.17. The van der Waals surface area contributed by atoms with E-state index in [0.717, 1.165) is 6.20 Å². The van der Waals surface area contributed by atoms with Crippen LogP contribution in [0.4, 0.5) is 5.69 Å². The fourth-order valence-corrected chi connectivity index (χ4v) is 0.718. The van der Waals surface area contributed by atoms with Crippen molar-refractivity contribution in [1.29, 1.82) is 0 Å². The molecule has 13 heavy (non-hydrogen) atoms. The molecular formula is C6H7N3O4. The van der Waals surface area contributed by atoms with Gasteiger partial charge in [-0.1, -0.05) is 0 Å². The third kappa shape index (κ3) is 1.81. The summed E-state index contributed by atoms with van der Waals surface area (Å²) in [5, 5.41) is 10.4. The summed E-state index contributed by atoms with van der Waals surface area (Å²) in [7, 11) is 2.65. The zero-order valence-corrected chi connectivity index (χ0v) is 7.05. The Morgan fingerprint density at radius 3 is 2.62 bits per heavy atom. The highest BCUT2D eigenvalue weighted by atomic mass is 16.6. The molecule has 0 aliphatic carbocycles. The zero-order chi connectivity index (χ0) is 9.84. The third-order valence-corrected chi connectivity index (χ3v) is 1.29. The topological polar surface area (TPSA) is 87.4 Å². The van der Waals surface area contributed by atoms with Crippen LogP contribution >= 0.6 is 0 Å². The SMILES string of the molecule is COc1ncc([N+](=O)[O-])c(OC)n1. The fraction of sp³-hybridized carbons (Fsp3) is 0.333. The summed E-state index contributed by atoms with van der Waals surface area (Å²) in [5.41, 5.74) is -0.289. The van der Waals surface area contributed by atoms with E-state index >= 15 is 0 Å². The monoisotopic (exact) mass is 185 g/mol. The van der Waals surface area contributed by atoms with E-state index in [9.17, 15) is 10.1 Å². The predicted octanol–water partition coefficient (Wildman–Crippen LogP) is 0.402. The first-order valence-corrected chi connectivity index (χ1v) is 3.28. The maximum absolute atomic E-state index is 10.4. The van der Waals surface area contributed by atoms with Crippen LogP contribution in [0.3, 0.4) is 0 Å². The highest BCUT2D eigenvalue weighted by Crippen LogP contribution is 2.24. The molecule has 70 valence electrons. The minimum atomic E-state index is -0.627. The van der Waals surface area contributed by atoms with Crippen LogP contribution in [0.2, 0.25) is 0 Å². The molecule has 1 heterocycles. The quantitative estimate of drug-likeness (QED) is 0.500. The lowest BCUT2D eigenvalue weighted by Crippen LogP contribution is -1.99. The minimum absolute atomic E-state index is 0.0300. The lowest BCUT2D eigenvalue weighted by molar-refractivity contribution is -0.386. The Balaban J connectivity index is 3.15. The molecular weight excluding hydrogens is 178 g/mol. The summed E-state index contributed by atoms with van der Waals surface area (Å²) in [6.45, 7) is 0. The molecule has 0 aliphatic heterocycles. The minimum Gasteiger partial charge on any atom is -0.476 e. The average molecular weight is 185 g/mol. The van der Waals surface area contributed by atoms with E-state index in [-0.39, 0.29) is 17.6 Å². The van der Waals surface area contributed by atoms with E-state index in [2.05, 4.69) is 19.4 Å². The van der Waals surface area contributed by atoms with Crippen molar-refractivity contribution in [2.45, 2.75) is 0 Å². The Kier molecular flexibility index (Phi) is 2.58. The number of nitro groups is 1. The van der Waals surface area contributed by atoms with Crippen LogP contribution in [0.1, 0.15) is 0 Å². The van der Waals surface area contributed by atoms with Crippen molar-refractivity contribution in [3.63, 3.8) is 0 Å². The second-order valence-corrected chi connectivity index (χ2v) is 2.01. The van der Waals surface area contributed by atoms with Gasteiger partial charge in [0, 0.05) is 0 Å². The molecule has 0 atom stereocenters. The van der Waals surface area contributed by atoms with Gasteiger partial charge in [0.05, 0.1) is 19.1 Å². The van der Waals surface area contributed by atoms with Gasteiger partial charge in [-0.05, 0) is 0 Å². The number of ether oxygens (including phenoxy) is 2. The maximum atomic E-state index is 10.4. The first-order chi connectivity index (χ1) is 6.19. The molecule has 0 bridgehead atoms. The van der Waals surface area contributed by atoms with Crippen LogP contribution in [0, 0.1) is 10.1 Å². The predicted molar refractivity (Wildman–Crippen MR) is 41.8 cm³/mol. The molecule has 1 rings (SSSR count). The maximum Gasteiger partial charge on any atom is 0.349 e. The Labute approximate surface area is 73.5 Å². The van der Waals surface area contributed by atoms with E-state index in [0.29, 0.717) is 0 Å². The number of rotatable bonds is 3. The summed E-state index contributed by atoms with van der Waals surface area (Å²) in [6, 6.07) is 0.0300. The smallest absolute Gasteiger partial charge is 0.349 e. The van der Waals surface area contributed by atoms with Gasteiger partial charge < -0.3 is 9.47 Å². The van der Waals surface area contributed by atoms with Crippen molar-refractivity contribution in [1.82, 2.24) is 9.97 Å². The van der Waals surface area contributed by atoms with Crippen LogP contribution < -0.4 is 9.47 Å². The van der Waals surface area contributed by atoms with E-state index in [1.165, 1.54) is 14.2 Å². The first kappa shape index (κ1) is 9.17. The van der Waals surface area contributed by atoms with Crippen molar-refractivity contribution < 1.29 is 14.4 Å². The van der Waals surface area contributed by atoms with Crippen LogP contribution in [-0.4, -0.2) is 29.1 Å². The number of aromatic nitrogens is 2. The Morgan fingerprint density at radius 1 is 1.46 bits per heavy atom. The summed E-state index contributed by atoms with van der Waals surface area (Å²) < 4.78 is 9.34. The van der Waals surface area contributed by atoms with Gasteiger partial charge in [0.15, 0.2) is 0 Å². The van der Waals surface area contributed by atoms with Gasteiger partial charge in [-0.25, -0.2) is 0 Å².